The van der Waals surface area contributed by atoms with E-state index in [0.29, 0.717) is 24.4 Å². The van der Waals surface area contributed by atoms with Gasteiger partial charge in [-0.3, -0.25) is 0 Å². The van der Waals surface area contributed by atoms with Crippen LogP contribution < -0.4 is 0 Å². The summed E-state index contributed by atoms with van der Waals surface area (Å²) in [6, 6.07) is 9.34. The normalized spacial score (nSPS) is 18.0. The highest BCUT2D eigenvalue weighted by atomic mass is 32.2. The molecule has 0 spiro atoms. The monoisotopic (exact) mass is 335 g/mol. The van der Waals surface area contributed by atoms with Crippen molar-refractivity contribution in [3.63, 3.8) is 0 Å². The van der Waals surface area contributed by atoms with Gasteiger partial charge in [0.2, 0.25) is 5.89 Å². The number of rotatable bonds is 5. The summed E-state index contributed by atoms with van der Waals surface area (Å²) in [7, 11) is -3.43. The van der Waals surface area contributed by atoms with Gasteiger partial charge in [0.15, 0.2) is 9.84 Å². The molecule has 1 aromatic carbocycles. The number of sulfone groups is 1. The quantitative estimate of drug-likeness (QED) is 0.908. The Morgan fingerprint density at radius 1 is 1.13 bits per heavy atom. The molecule has 124 valence electrons. The molecule has 23 heavy (non-hydrogen) atoms. The van der Waals surface area contributed by atoms with Crippen LogP contribution in [-0.4, -0.2) is 29.9 Å². The van der Waals surface area contributed by atoms with E-state index in [2.05, 4.69) is 4.98 Å². The number of hydrogen-bond donors (Lipinski definition) is 1. The minimum absolute atomic E-state index is 0.201. The van der Waals surface area contributed by atoms with Crippen molar-refractivity contribution >= 4 is 9.84 Å². The number of hydrogen-bond acceptors (Lipinski definition) is 5. The highest BCUT2D eigenvalue weighted by molar-refractivity contribution is 7.90. The van der Waals surface area contributed by atoms with E-state index in [4.69, 9.17) is 4.42 Å². The Morgan fingerprint density at radius 2 is 1.83 bits per heavy atom. The number of aliphatic hydroxyl groups is 1. The van der Waals surface area contributed by atoms with Crippen molar-refractivity contribution in [2.24, 2.45) is 0 Å². The summed E-state index contributed by atoms with van der Waals surface area (Å²) >= 11 is 0. The lowest BCUT2D eigenvalue weighted by Gasteiger charge is -2.31. The maximum Gasteiger partial charge on any atom is 0.226 e. The molecule has 0 bridgehead atoms. The first-order valence-corrected chi connectivity index (χ1v) is 9.71. The minimum Gasteiger partial charge on any atom is -0.444 e. The molecule has 1 aliphatic carbocycles. The van der Waals surface area contributed by atoms with E-state index in [1.54, 1.807) is 0 Å². The highest BCUT2D eigenvalue weighted by Gasteiger charge is 2.34. The maximum atomic E-state index is 12.4. The molecule has 0 atom stereocenters. The van der Waals surface area contributed by atoms with Gasteiger partial charge in [-0.05, 0) is 25.0 Å². The molecule has 1 aliphatic rings. The first-order chi connectivity index (χ1) is 11.0. The zero-order valence-corrected chi connectivity index (χ0v) is 13.8. The maximum absolute atomic E-state index is 12.4. The summed E-state index contributed by atoms with van der Waals surface area (Å²) in [4.78, 5) is 4.25. The van der Waals surface area contributed by atoms with Gasteiger partial charge in [-0.2, -0.15) is 0 Å². The summed E-state index contributed by atoms with van der Waals surface area (Å²) < 4.78 is 30.1. The fourth-order valence-electron chi connectivity index (χ4n) is 3.13. The van der Waals surface area contributed by atoms with Crippen LogP contribution in [0.1, 0.15) is 37.8 Å². The fourth-order valence-corrected chi connectivity index (χ4v) is 4.92. The van der Waals surface area contributed by atoms with Gasteiger partial charge in [-0.15, -0.1) is 0 Å². The predicted octanol–water partition coefficient (Wildman–Crippen LogP) is 2.95. The Bertz CT molecular complexity index is 746. The molecule has 0 radical (unpaired) electrons. The lowest BCUT2D eigenvalue weighted by molar-refractivity contribution is 0.0257. The van der Waals surface area contributed by atoms with E-state index in [0.717, 1.165) is 24.8 Å². The first-order valence-electron chi connectivity index (χ1n) is 7.88. The van der Waals surface area contributed by atoms with Crippen LogP contribution in [0.15, 0.2) is 41.0 Å². The molecule has 1 N–H and O–H groups in total. The molecular formula is C17H21NO4S. The van der Waals surface area contributed by atoms with E-state index in [1.165, 1.54) is 6.26 Å². The smallest absolute Gasteiger partial charge is 0.226 e. The molecule has 0 aliphatic heterocycles. The van der Waals surface area contributed by atoms with Gasteiger partial charge >= 0.3 is 0 Å². The number of oxazole rings is 1. The van der Waals surface area contributed by atoms with E-state index in [9.17, 15) is 13.5 Å². The van der Waals surface area contributed by atoms with Crippen LogP contribution in [-0.2, 0) is 15.6 Å². The Kier molecular flexibility index (Phi) is 4.55. The second-order valence-corrected chi connectivity index (χ2v) is 8.39. The third-order valence-corrected chi connectivity index (χ3v) is 5.93. The largest absolute Gasteiger partial charge is 0.444 e. The Hall–Kier alpha value is -1.66. The molecular weight excluding hydrogens is 314 g/mol. The molecule has 1 fully saturated rings. The SMILES string of the molecule is O=S(=O)(Cc1coc(-c2ccccc2)n1)CC1(O)CCCCC1. The summed E-state index contributed by atoms with van der Waals surface area (Å²) in [5, 5.41) is 10.4. The van der Waals surface area contributed by atoms with Gasteiger partial charge in [0.25, 0.3) is 0 Å². The molecule has 5 nitrogen and oxygen atoms in total. The first kappa shape index (κ1) is 16.2. The van der Waals surface area contributed by atoms with Gasteiger partial charge in [-0.25, -0.2) is 13.4 Å². The van der Waals surface area contributed by atoms with Crippen LogP contribution in [0.5, 0.6) is 0 Å². The number of aromatic nitrogens is 1. The van der Waals surface area contributed by atoms with Crippen molar-refractivity contribution in [1.29, 1.82) is 0 Å². The molecule has 6 heteroatoms. The zero-order valence-electron chi connectivity index (χ0n) is 12.9. The van der Waals surface area contributed by atoms with E-state index >= 15 is 0 Å². The summed E-state index contributed by atoms with van der Waals surface area (Å²) in [6.45, 7) is 0. The van der Waals surface area contributed by atoms with Gasteiger partial charge in [0, 0.05) is 5.56 Å². The third kappa shape index (κ3) is 4.20. The highest BCUT2D eigenvalue weighted by Crippen LogP contribution is 2.30. The summed E-state index contributed by atoms with van der Waals surface area (Å²) in [5.74, 6) is 0.00583. The molecule has 1 heterocycles. The van der Waals surface area contributed by atoms with Crippen LogP contribution in [0, 0.1) is 0 Å². The van der Waals surface area contributed by atoms with Crippen molar-refractivity contribution in [3.05, 3.63) is 42.3 Å². The van der Waals surface area contributed by atoms with E-state index < -0.39 is 15.4 Å². The molecule has 1 saturated carbocycles. The van der Waals surface area contributed by atoms with Crippen molar-refractivity contribution in [1.82, 2.24) is 4.98 Å². The summed E-state index contributed by atoms with van der Waals surface area (Å²) in [6.07, 6.45) is 5.32. The van der Waals surface area contributed by atoms with Crippen molar-refractivity contribution in [3.8, 4) is 11.5 Å². The fraction of sp³-hybridized carbons (Fsp3) is 0.471. The lowest BCUT2D eigenvalue weighted by Crippen LogP contribution is -2.39. The Balaban J connectivity index is 1.70. The van der Waals surface area contributed by atoms with Crippen molar-refractivity contribution in [2.75, 3.05) is 5.75 Å². The molecule has 0 saturated heterocycles. The van der Waals surface area contributed by atoms with Crippen molar-refractivity contribution in [2.45, 2.75) is 43.5 Å². The zero-order chi connectivity index (χ0) is 16.3. The van der Waals surface area contributed by atoms with Crippen molar-refractivity contribution < 1.29 is 17.9 Å². The molecule has 3 rings (SSSR count). The predicted molar refractivity (Wildman–Crippen MR) is 87.5 cm³/mol. The van der Waals surface area contributed by atoms with E-state index in [1.807, 2.05) is 30.3 Å². The second kappa shape index (κ2) is 6.45. The van der Waals surface area contributed by atoms with Crippen LogP contribution in [0.4, 0.5) is 0 Å². The number of nitrogens with zero attached hydrogens (tertiary/aromatic N) is 1. The molecule has 2 aromatic rings. The van der Waals surface area contributed by atoms with Crippen LogP contribution in [0.2, 0.25) is 0 Å². The van der Waals surface area contributed by atoms with Gasteiger partial charge in [-0.1, -0.05) is 37.5 Å². The van der Waals surface area contributed by atoms with Crippen LogP contribution >= 0.6 is 0 Å². The standard InChI is InChI=1S/C17H21NO4S/c19-17(9-5-2-6-10-17)13-23(20,21)12-15-11-22-16(18-15)14-7-3-1-4-8-14/h1,3-4,7-8,11,19H,2,5-6,9-10,12-13H2. The second-order valence-electron chi connectivity index (χ2n) is 6.33. The van der Waals surface area contributed by atoms with Gasteiger partial charge < -0.3 is 9.52 Å². The van der Waals surface area contributed by atoms with Crippen LogP contribution in [0.25, 0.3) is 11.5 Å². The minimum atomic E-state index is -3.43. The molecule has 1 aromatic heterocycles. The third-order valence-electron chi connectivity index (χ3n) is 4.21. The summed E-state index contributed by atoms with van der Waals surface area (Å²) in [5.41, 5.74) is 0.105. The topological polar surface area (TPSA) is 80.4 Å². The van der Waals surface area contributed by atoms with Gasteiger partial charge in [0.1, 0.15) is 6.26 Å². The average Bonchev–Trinajstić information content (AvgIpc) is 2.95. The lowest BCUT2D eigenvalue weighted by atomic mass is 9.86. The van der Waals surface area contributed by atoms with Gasteiger partial charge in [0.05, 0.1) is 22.8 Å². The average molecular weight is 335 g/mol. The number of benzene rings is 1. The molecule has 0 unspecified atom stereocenters. The Morgan fingerprint density at radius 3 is 2.52 bits per heavy atom. The molecule has 0 amide bonds. The van der Waals surface area contributed by atoms with Crippen LogP contribution in [0.3, 0.4) is 0 Å². The van der Waals surface area contributed by atoms with E-state index in [-0.39, 0.29) is 11.5 Å². The Labute approximate surface area is 136 Å².